The normalized spacial score (nSPS) is 10.1. The number of hydrogen-bond donors (Lipinski definition) is 2. The maximum Gasteiger partial charge on any atom is 0.222 e. The van der Waals surface area contributed by atoms with E-state index in [1.165, 1.54) is 0 Å². The van der Waals surface area contributed by atoms with Crippen LogP contribution in [0.4, 0.5) is 17.5 Å². The van der Waals surface area contributed by atoms with Crippen molar-refractivity contribution < 1.29 is 4.74 Å². The molecule has 0 aliphatic heterocycles. The van der Waals surface area contributed by atoms with Crippen LogP contribution in [0.2, 0.25) is 0 Å². The number of ether oxygens (including phenoxy) is 1. The third-order valence-electron chi connectivity index (χ3n) is 2.20. The number of nitrogen functional groups attached to an aromatic ring is 1. The lowest BCUT2D eigenvalue weighted by atomic mass is 10.3. The molecule has 94 valence electrons. The number of benzene rings is 1. The van der Waals surface area contributed by atoms with Crippen LogP contribution in [-0.4, -0.2) is 16.6 Å². The van der Waals surface area contributed by atoms with Crippen molar-refractivity contribution in [2.24, 2.45) is 0 Å². The Morgan fingerprint density at radius 2 is 2.17 bits per heavy atom. The maximum atomic E-state index is 5.56. The van der Waals surface area contributed by atoms with Crippen molar-refractivity contribution in [3.05, 3.63) is 34.9 Å². The van der Waals surface area contributed by atoms with Gasteiger partial charge in [-0.1, -0.05) is 12.1 Å². The fraction of sp³-hybridized carbons (Fsp3) is 0.167. The van der Waals surface area contributed by atoms with E-state index < -0.39 is 0 Å². The first-order valence-corrected chi connectivity index (χ1v) is 6.27. The van der Waals surface area contributed by atoms with Gasteiger partial charge in [0, 0.05) is 6.20 Å². The number of nitrogens with two attached hydrogens (primary N) is 1. The van der Waals surface area contributed by atoms with Gasteiger partial charge in [-0.25, -0.2) is 4.98 Å². The number of nitrogens with one attached hydrogen (secondary N) is 1. The molecular weight excluding hydrogens is 296 g/mol. The van der Waals surface area contributed by atoms with Gasteiger partial charge in [-0.2, -0.15) is 4.98 Å². The quantitative estimate of drug-likeness (QED) is 0.908. The van der Waals surface area contributed by atoms with Crippen molar-refractivity contribution in [1.82, 2.24) is 9.97 Å². The van der Waals surface area contributed by atoms with Gasteiger partial charge in [-0.15, -0.1) is 0 Å². The van der Waals surface area contributed by atoms with Crippen LogP contribution < -0.4 is 15.8 Å². The molecule has 0 fully saturated rings. The van der Waals surface area contributed by atoms with E-state index in [0.717, 1.165) is 15.9 Å². The summed E-state index contributed by atoms with van der Waals surface area (Å²) < 4.78 is 6.27. The number of anilines is 3. The monoisotopic (exact) mass is 308 g/mol. The molecule has 5 nitrogen and oxygen atoms in total. The van der Waals surface area contributed by atoms with Crippen LogP contribution in [0.15, 0.2) is 34.9 Å². The fourth-order valence-electron chi connectivity index (χ4n) is 1.45. The molecule has 0 amide bonds. The average molecular weight is 309 g/mol. The fourth-order valence-corrected chi connectivity index (χ4v) is 1.74. The number of hydrogen-bond acceptors (Lipinski definition) is 5. The van der Waals surface area contributed by atoms with E-state index in [2.05, 4.69) is 31.2 Å². The molecule has 18 heavy (non-hydrogen) atoms. The highest BCUT2D eigenvalue weighted by molar-refractivity contribution is 9.10. The Bertz CT molecular complexity index is 547. The van der Waals surface area contributed by atoms with E-state index in [0.29, 0.717) is 12.4 Å². The minimum atomic E-state index is 0.217. The predicted octanol–water partition coefficient (Wildman–Crippen LogP) is 2.96. The summed E-state index contributed by atoms with van der Waals surface area (Å²) in [6, 6.07) is 7.64. The second-order valence-corrected chi connectivity index (χ2v) is 4.33. The third kappa shape index (κ3) is 2.89. The third-order valence-corrected chi connectivity index (χ3v) is 2.78. The first-order chi connectivity index (χ1) is 8.70. The van der Waals surface area contributed by atoms with Crippen molar-refractivity contribution in [2.75, 3.05) is 17.7 Å². The zero-order valence-corrected chi connectivity index (χ0v) is 11.4. The van der Waals surface area contributed by atoms with Gasteiger partial charge in [0.05, 0.1) is 16.8 Å². The standard InChI is InChI=1S/C12H13BrN4O/c1-2-18-10-6-4-3-5-9(10)16-11-8(13)7-15-12(14)17-11/h3-7H,2H2,1H3,(H3,14,15,16,17). The van der Waals surface area contributed by atoms with Gasteiger partial charge in [0.15, 0.2) is 0 Å². The molecule has 0 bridgehead atoms. The summed E-state index contributed by atoms with van der Waals surface area (Å²) in [5.74, 6) is 1.59. The van der Waals surface area contributed by atoms with Crippen LogP contribution in [0.5, 0.6) is 5.75 Å². The zero-order valence-electron chi connectivity index (χ0n) is 9.85. The molecule has 0 radical (unpaired) electrons. The van der Waals surface area contributed by atoms with Crippen LogP contribution in [-0.2, 0) is 0 Å². The molecule has 0 unspecified atom stereocenters. The van der Waals surface area contributed by atoms with E-state index >= 15 is 0 Å². The summed E-state index contributed by atoms with van der Waals surface area (Å²) in [6.45, 7) is 2.54. The lowest BCUT2D eigenvalue weighted by molar-refractivity contribution is 0.342. The first kappa shape index (κ1) is 12.6. The predicted molar refractivity (Wildman–Crippen MR) is 75.0 cm³/mol. The molecule has 0 spiro atoms. The molecular formula is C12H13BrN4O. The minimum absolute atomic E-state index is 0.217. The minimum Gasteiger partial charge on any atom is -0.492 e. The number of nitrogens with zero attached hydrogens (tertiary/aromatic N) is 2. The number of halogens is 1. The Kier molecular flexibility index (Phi) is 3.99. The van der Waals surface area contributed by atoms with E-state index in [-0.39, 0.29) is 5.95 Å². The van der Waals surface area contributed by atoms with E-state index in [4.69, 9.17) is 10.5 Å². The van der Waals surface area contributed by atoms with Crippen LogP contribution in [0.1, 0.15) is 6.92 Å². The topological polar surface area (TPSA) is 73.1 Å². The van der Waals surface area contributed by atoms with Crippen molar-refractivity contribution in [3.8, 4) is 5.75 Å². The summed E-state index contributed by atoms with van der Waals surface area (Å²) in [5.41, 5.74) is 6.40. The largest absolute Gasteiger partial charge is 0.492 e. The highest BCUT2D eigenvalue weighted by atomic mass is 79.9. The highest BCUT2D eigenvalue weighted by Crippen LogP contribution is 2.29. The van der Waals surface area contributed by atoms with E-state index in [1.807, 2.05) is 31.2 Å². The summed E-state index contributed by atoms with van der Waals surface area (Å²) in [5, 5.41) is 3.16. The molecule has 0 atom stereocenters. The lowest BCUT2D eigenvalue weighted by Crippen LogP contribution is -2.02. The van der Waals surface area contributed by atoms with Crippen LogP contribution in [0, 0.1) is 0 Å². The molecule has 3 N–H and O–H groups in total. The zero-order chi connectivity index (χ0) is 13.0. The van der Waals surface area contributed by atoms with Crippen LogP contribution in [0.3, 0.4) is 0 Å². The number of rotatable bonds is 4. The number of para-hydroxylation sites is 2. The Labute approximate surface area is 114 Å². The molecule has 6 heteroatoms. The molecule has 1 aromatic carbocycles. The average Bonchev–Trinajstić information content (AvgIpc) is 2.36. The summed E-state index contributed by atoms with van der Waals surface area (Å²) in [4.78, 5) is 8.01. The van der Waals surface area contributed by atoms with Crippen molar-refractivity contribution in [1.29, 1.82) is 0 Å². The van der Waals surface area contributed by atoms with Gasteiger partial charge in [0.1, 0.15) is 11.6 Å². The van der Waals surface area contributed by atoms with E-state index in [1.54, 1.807) is 6.20 Å². The molecule has 0 saturated heterocycles. The molecule has 0 aliphatic carbocycles. The Morgan fingerprint density at radius 3 is 2.94 bits per heavy atom. The molecule has 1 aromatic heterocycles. The second-order valence-electron chi connectivity index (χ2n) is 3.48. The molecule has 0 aliphatic rings. The van der Waals surface area contributed by atoms with Gasteiger partial charge in [0.2, 0.25) is 5.95 Å². The molecule has 1 heterocycles. The Hall–Kier alpha value is -1.82. The van der Waals surface area contributed by atoms with Gasteiger partial charge in [0.25, 0.3) is 0 Å². The van der Waals surface area contributed by atoms with Crippen molar-refractivity contribution >= 4 is 33.4 Å². The second kappa shape index (κ2) is 5.68. The van der Waals surface area contributed by atoms with Gasteiger partial charge >= 0.3 is 0 Å². The SMILES string of the molecule is CCOc1ccccc1Nc1nc(N)ncc1Br. The highest BCUT2D eigenvalue weighted by Gasteiger charge is 2.07. The maximum absolute atomic E-state index is 5.56. The van der Waals surface area contributed by atoms with Gasteiger partial charge < -0.3 is 15.8 Å². The summed E-state index contributed by atoms with van der Waals surface area (Å²) in [7, 11) is 0. The molecule has 2 rings (SSSR count). The Morgan fingerprint density at radius 1 is 1.39 bits per heavy atom. The van der Waals surface area contributed by atoms with Crippen LogP contribution >= 0.6 is 15.9 Å². The first-order valence-electron chi connectivity index (χ1n) is 5.47. The van der Waals surface area contributed by atoms with Gasteiger partial charge in [-0.05, 0) is 35.0 Å². The van der Waals surface area contributed by atoms with Crippen molar-refractivity contribution in [2.45, 2.75) is 6.92 Å². The Balaban J connectivity index is 2.30. The molecule has 2 aromatic rings. The lowest BCUT2D eigenvalue weighted by Gasteiger charge is -2.12. The van der Waals surface area contributed by atoms with Gasteiger partial charge in [-0.3, -0.25) is 0 Å². The van der Waals surface area contributed by atoms with E-state index in [9.17, 15) is 0 Å². The van der Waals surface area contributed by atoms with Crippen LogP contribution in [0.25, 0.3) is 0 Å². The summed E-state index contributed by atoms with van der Waals surface area (Å²) in [6.07, 6.45) is 1.61. The number of aromatic nitrogens is 2. The smallest absolute Gasteiger partial charge is 0.222 e. The van der Waals surface area contributed by atoms with Crippen molar-refractivity contribution in [3.63, 3.8) is 0 Å². The molecule has 0 saturated carbocycles. The summed E-state index contributed by atoms with van der Waals surface area (Å²) >= 11 is 3.37.